The van der Waals surface area contributed by atoms with Crippen LogP contribution >= 0.6 is 0 Å². The quantitative estimate of drug-likeness (QED) is 0.310. The van der Waals surface area contributed by atoms with Gasteiger partial charge in [0.1, 0.15) is 0 Å². The highest BCUT2D eigenvalue weighted by Crippen LogP contribution is 2.31. The van der Waals surface area contributed by atoms with Crippen molar-refractivity contribution in [1.29, 1.82) is 0 Å². The highest BCUT2D eigenvalue weighted by Gasteiger charge is 2.48. The maximum Gasteiger partial charge on any atom is 0.324 e. The molecule has 0 N–H and O–H groups in total. The lowest BCUT2D eigenvalue weighted by atomic mass is 9.78. The molecule has 1 aromatic rings. The Labute approximate surface area is 151 Å². The molecule has 0 aliphatic rings. The van der Waals surface area contributed by atoms with Gasteiger partial charge in [-0.2, -0.15) is 0 Å². The molecule has 0 atom stereocenters. The van der Waals surface area contributed by atoms with Gasteiger partial charge in [0.15, 0.2) is 5.41 Å². The molecule has 0 unspecified atom stereocenters. The molecular weight excluding hydrogens is 332 g/mol. The van der Waals surface area contributed by atoms with Gasteiger partial charge in [-0.05, 0) is 19.4 Å². The number of hydrogen-bond donors (Lipinski definition) is 0. The van der Waals surface area contributed by atoms with Crippen LogP contribution < -0.4 is 5.19 Å². The van der Waals surface area contributed by atoms with Crippen LogP contribution in [0.2, 0.25) is 19.6 Å². The number of terminal acetylenes is 1. The Morgan fingerprint density at radius 3 is 2.12 bits per heavy atom. The lowest BCUT2D eigenvalue weighted by Crippen LogP contribution is -2.44. The van der Waals surface area contributed by atoms with Gasteiger partial charge >= 0.3 is 11.9 Å². The van der Waals surface area contributed by atoms with Crippen molar-refractivity contribution >= 4 is 25.2 Å². The van der Waals surface area contributed by atoms with Crippen molar-refractivity contribution in [2.75, 3.05) is 13.2 Å². The number of hydrogen-bond acceptors (Lipinski definition) is 4. The van der Waals surface area contributed by atoms with Crippen LogP contribution in [-0.2, 0) is 25.5 Å². The summed E-state index contributed by atoms with van der Waals surface area (Å²) in [5.41, 5.74) is -0.616. The average Bonchev–Trinajstić information content (AvgIpc) is 2.54. The van der Waals surface area contributed by atoms with Crippen LogP contribution in [0.15, 0.2) is 24.3 Å². The molecular formula is C20H28O4Si. The van der Waals surface area contributed by atoms with Gasteiger partial charge in [-0.3, -0.25) is 9.59 Å². The van der Waals surface area contributed by atoms with Crippen molar-refractivity contribution in [2.24, 2.45) is 5.41 Å². The first-order valence-electron chi connectivity index (χ1n) is 8.58. The zero-order chi connectivity index (χ0) is 19.1. The van der Waals surface area contributed by atoms with E-state index in [1.165, 1.54) is 5.19 Å². The van der Waals surface area contributed by atoms with Crippen LogP contribution in [0.5, 0.6) is 0 Å². The Bertz CT molecular complexity index is 634. The number of rotatable bonds is 8. The fourth-order valence-corrected chi connectivity index (χ4v) is 3.86. The molecule has 1 rings (SSSR count). The van der Waals surface area contributed by atoms with Crippen LogP contribution in [-0.4, -0.2) is 33.2 Å². The maximum absolute atomic E-state index is 12.6. The zero-order valence-corrected chi connectivity index (χ0v) is 16.8. The standard InChI is InChI=1S/C20H28O4Si/c1-7-13-20(18(21)23-8-2,19(22)24-9-3)15-16-11-10-12-17(14-16)25(4,5)6/h1,10-12,14H,8-9,13,15H2,2-6H3. The third kappa shape index (κ3) is 5.20. The molecule has 0 saturated carbocycles. The fourth-order valence-electron chi connectivity index (χ4n) is 2.64. The smallest absolute Gasteiger partial charge is 0.324 e. The van der Waals surface area contributed by atoms with E-state index in [0.717, 1.165) is 5.56 Å². The third-order valence-electron chi connectivity index (χ3n) is 4.04. The molecule has 5 heteroatoms. The van der Waals surface area contributed by atoms with Crippen LogP contribution in [0.25, 0.3) is 0 Å². The Morgan fingerprint density at radius 1 is 1.12 bits per heavy atom. The normalized spacial score (nSPS) is 11.5. The summed E-state index contributed by atoms with van der Waals surface area (Å²) < 4.78 is 10.3. The van der Waals surface area contributed by atoms with Gasteiger partial charge in [0.2, 0.25) is 0 Å². The molecule has 0 aromatic heterocycles. The van der Waals surface area contributed by atoms with Crippen molar-refractivity contribution in [1.82, 2.24) is 0 Å². The van der Waals surface area contributed by atoms with Crippen LogP contribution in [0.1, 0.15) is 25.8 Å². The number of carbonyl (C=O) groups is 2. The molecule has 0 fully saturated rings. The van der Waals surface area contributed by atoms with Crippen molar-refractivity contribution < 1.29 is 19.1 Å². The van der Waals surface area contributed by atoms with Gasteiger partial charge in [0.25, 0.3) is 0 Å². The molecule has 0 aliphatic carbocycles. The van der Waals surface area contributed by atoms with Crippen LogP contribution in [0.4, 0.5) is 0 Å². The molecule has 0 radical (unpaired) electrons. The van der Waals surface area contributed by atoms with E-state index in [4.69, 9.17) is 15.9 Å². The molecule has 0 saturated heterocycles. The van der Waals surface area contributed by atoms with Crippen molar-refractivity contribution in [3.63, 3.8) is 0 Å². The molecule has 25 heavy (non-hydrogen) atoms. The Balaban J connectivity index is 3.35. The topological polar surface area (TPSA) is 52.6 Å². The Morgan fingerprint density at radius 2 is 1.68 bits per heavy atom. The first-order valence-corrected chi connectivity index (χ1v) is 12.1. The lowest BCUT2D eigenvalue weighted by molar-refractivity contribution is -0.171. The molecule has 1 aromatic carbocycles. The van der Waals surface area contributed by atoms with Crippen molar-refractivity contribution in [2.45, 2.75) is 46.3 Å². The minimum absolute atomic E-state index is 0.0537. The van der Waals surface area contributed by atoms with Gasteiger partial charge < -0.3 is 9.47 Å². The van der Waals surface area contributed by atoms with Crippen molar-refractivity contribution in [3.05, 3.63) is 29.8 Å². The molecule has 0 aliphatic heterocycles. The molecule has 0 heterocycles. The summed E-state index contributed by atoms with van der Waals surface area (Å²) in [5, 5.41) is 1.26. The van der Waals surface area contributed by atoms with Crippen LogP contribution in [0.3, 0.4) is 0 Å². The van der Waals surface area contributed by atoms with E-state index in [1.807, 2.05) is 12.1 Å². The Kier molecular flexibility index (Phi) is 7.44. The fraction of sp³-hybridized carbons (Fsp3) is 0.500. The highest BCUT2D eigenvalue weighted by molar-refractivity contribution is 6.88. The molecule has 0 bridgehead atoms. The second-order valence-electron chi connectivity index (χ2n) is 7.03. The third-order valence-corrected chi connectivity index (χ3v) is 6.08. The van der Waals surface area contributed by atoms with E-state index >= 15 is 0 Å². The molecule has 4 nitrogen and oxygen atoms in total. The first kappa shape index (κ1) is 21.0. The molecule has 0 amide bonds. The largest absolute Gasteiger partial charge is 0.465 e. The van der Waals surface area contributed by atoms with E-state index in [2.05, 4.69) is 37.7 Å². The zero-order valence-electron chi connectivity index (χ0n) is 15.8. The Hall–Kier alpha value is -2.06. The SMILES string of the molecule is C#CCC(Cc1cccc([Si](C)(C)C)c1)(C(=O)OCC)C(=O)OCC. The van der Waals surface area contributed by atoms with E-state index in [1.54, 1.807) is 13.8 Å². The summed E-state index contributed by atoms with van der Waals surface area (Å²) in [4.78, 5) is 25.3. The number of carbonyl (C=O) groups excluding carboxylic acids is 2. The summed E-state index contributed by atoms with van der Waals surface area (Å²) in [6, 6.07) is 8.02. The van der Waals surface area contributed by atoms with Gasteiger partial charge in [-0.1, -0.05) is 49.1 Å². The monoisotopic (exact) mass is 360 g/mol. The summed E-state index contributed by atoms with van der Waals surface area (Å²) in [5.74, 6) is 1.22. The molecule has 136 valence electrons. The summed E-state index contributed by atoms with van der Waals surface area (Å²) in [6.45, 7) is 10.5. The van der Waals surface area contributed by atoms with Gasteiger partial charge in [-0.25, -0.2) is 0 Å². The summed E-state index contributed by atoms with van der Waals surface area (Å²) in [6.07, 6.45) is 5.60. The average molecular weight is 361 g/mol. The van der Waals surface area contributed by atoms with E-state index in [-0.39, 0.29) is 26.1 Å². The van der Waals surface area contributed by atoms with Crippen molar-refractivity contribution in [3.8, 4) is 12.3 Å². The first-order chi connectivity index (χ1) is 11.7. The minimum Gasteiger partial charge on any atom is -0.465 e. The molecule has 0 spiro atoms. The second-order valence-corrected chi connectivity index (χ2v) is 12.1. The summed E-state index contributed by atoms with van der Waals surface area (Å²) in [7, 11) is -1.52. The van der Waals surface area contributed by atoms with E-state index < -0.39 is 25.4 Å². The van der Waals surface area contributed by atoms with Gasteiger partial charge in [0.05, 0.1) is 21.3 Å². The van der Waals surface area contributed by atoms with Gasteiger partial charge in [-0.15, -0.1) is 12.3 Å². The second kappa shape index (κ2) is 8.86. The van der Waals surface area contributed by atoms with Gasteiger partial charge in [0, 0.05) is 12.8 Å². The predicted octanol–water partition coefficient (Wildman–Crippen LogP) is 2.91. The number of esters is 2. The maximum atomic E-state index is 12.6. The number of benzene rings is 1. The minimum atomic E-state index is -1.52. The van der Waals surface area contributed by atoms with E-state index in [9.17, 15) is 9.59 Å². The van der Waals surface area contributed by atoms with E-state index in [0.29, 0.717) is 0 Å². The highest BCUT2D eigenvalue weighted by atomic mass is 28.3. The van der Waals surface area contributed by atoms with Crippen LogP contribution in [0, 0.1) is 17.8 Å². The summed E-state index contributed by atoms with van der Waals surface area (Å²) >= 11 is 0. The lowest BCUT2D eigenvalue weighted by Gasteiger charge is -2.28. The number of ether oxygens (including phenoxy) is 2. The predicted molar refractivity (Wildman–Crippen MR) is 102 cm³/mol.